The molecule has 0 bridgehead atoms. The molecule has 160 valence electrons. The highest BCUT2D eigenvalue weighted by molar-refractivity contribution is 7.92. The lowest BCUT2D eigenvalue weighted by Gasteiger charge is -2.24. The number of fused-ring (bicyclic) bond motifs is 1. The molecule has 3 aromatic rings. The first-order chi connectivity index (χ1) is 14.7. The molecular weight excluding hydrogens is 432 g/mol. The minimum absolute atomic E-state index is 0.0567. The summed E-state index contributed by atoms with van der Waals surface area (Å²) in [7, 11) is -3.51. The summed E-state index contributed by atoms with van der Waals surface area (Å²) in [6, 6.07) is 21.9. The number of hydrogen-bond donors (Lipinski definition) is 0. The SMILES string of the molecule is C[C@H]1Cc2ccccc2N1C(=O)c1ccc(CN(c2cccc(Cl)c2)S(C)(=O)=O)cc1. The number of rotatable bonds is 5. The molecule has 0 spiro atoms. The molecule has 0 aromatic heterocycles. The third-order valence-electron chi connectivity index (χ3n) is 5.45. The summed E-state index contributed by atoms with van der Waals surface area (Å²) in [5.41, 5.74) is 3.97. The Morgan fingerprint density at radius 1 is 1.06 bits per heavy atom. The van der Waals surface area contributed by atoms with E-state index in [1.165, 1.54) is 9.87 Å². The summed E-state index contributed by atoms with van der Waals surface area (Å²) in [5, 5.41) is 0.465. The van der Waals surface area contributed by atoms with E-state index in [1.807, 2.05) is 30.0 Å². The highest BCUT2D eigenvalue weighted by Gasteiger charge is 2.31. The molecule has 0 saturated heterocycles. The molecule has 7 heteroatoms. The first-order valence-electron chi connectivity index (χ1n) is 9.98. The zero-order valence-electron chi connectivity index (χ0n) is 17.3. The van der Waals surface area contributed by atoms with E-state index in [-0.39, 0.29) is 18.5 Å². The summed E-state index contributed by atoms with van der Waals surface area (Å²) >= 11 is 6.04. The number of carbonyl (C=O) groups is 1. The summed E-state index contributed by atoms with van der Waals surface area (Å²) in [6.07, 6.45) is 2.00. The first-order valence-corrected chi connectivity index (χ1v) is 12.2. The Balaban J connectivity index is 1.57. The number of halogens is 1. The number of benzene rings is 3. The summed E-state index contributed by atoms with van der Waals surface area (Å²) in [4.78, 5) is 15.0. The second-order valence-corrected chi connectivity index (χ2v) is 10.1. The number of hydrogen-bond acceptors (Lipinski definition) is 3. The second kappa shape index (κ2) is 8.36. The van der Waals surface area contributed by atoms with Crippen molar-refractivity contribution in [3.63, 3.8) is 0 Å². The van der Waals surface area contributed by atoms with Gasteiger partial charge in [0.1, 0.15) is 0 Å². The molecule has 0 N–H and O–H groups in total. The van der Waals surface area contributed by atoms with E-state index < -0.39 is 10.0 Å². The molecule has 0 unspecified atom stereocenters. The molecule has 1 aliphatic rings. The minimum Gasteiger partial charge on any atom is -0.305 e. The molecule has 3 aromatic carbocycles. The molecular formula is C24H23ClN2O3S. The lowest BCUT2D eigenvalue weighted by atomic mass is 10.1. The van der Waals surface area contributed by atoms with Crippen molar-refractivity contribution in [2.24, 2.45) is 0 Å². The lowest BCUT2D eigenvalue weighted by Crippen LogP contribution is -2.35. The van der Waals surface area contributed by atoms with Crippen molar-refractivity contribution in [3.8, 4) is 0 Å². The van der Waals surface area contributed by atoms with Crippen molar-refractivity contribution < 1.29 is 13.2 Å². The van der Waals surface area contributed by atoms with Crippen LogP contribution in [0.4, 0.5) is 11.4 Å². The van der Waals surface area contributed by atoms with E-state index in [2.05, 4.69) is 6.07 Å². The fourth-order valence-electron chi connectivity index (χ4n) is 3.96. The van der Waals surface area contributed by atoms with Gasteiger partial charge in [0.05, 0.1) is 18.5 Å². The van der Waals surface area contributed by atoms with E-state index in [4.69, 9.17) is 11.6 Å². The molecule has 0 fully saturated rings. The summed E-state index contributed by atoms with van der Waals surface area (Å²) in [5.74, 6) is -0.0567. The Hall–Kier alpha value is -2.83. The smallest absolute Gasteiger partial charge is 0.258 e. The molecule has 0 radical (unpaired) electrons. The lowest BCUT2D eigenvalue weighted by molar-refractivity contribution is 0.0981. The van der Waals surface area contributed by atoms with Crippen LogP contribution in [0.5, 0.6) is 0 Å². The number of anilines is 2. The van der Waals surface area contributed by atoms with Crippen molar-refractivity contribution in [2.75, 3.05) is 15.5 Å². The Kier molecular flexibility index (Phi) is 5.77. The second-order valence-electron chi connectivity index (χ2n) is 7.80. The van der Waals surface area contributed by atoms with E-state index in [0.29, 0.717) is 16.3 Å². The van der Waals surface area contributed by atoms with Gasteiger partial charge in [-0.05, 0) is 60.9 Å². The van der Waals surface area contributed by atoms with Gasteiger partial charge in [-0.15, -0.1) is 0 Å². The maximum atomic E-state index is 13.2. The van der Waals surface area contributed by atoms with E-state index in [0.717, 1.165) is 23.9 Å². The topological polar surface area (TPSA) is 57.7 Å². The predicted octanol–water partition coefficient (Wildman–Crippen LogP) is 4.90. The van der Waals surface area contributed by atoms with Gasteiger partial charge >= 0.3 is 0 Å². The Bertz CT molecular complexity index is 1230. The van der Waals surface area contributed by atoms with Gasteiger partial charge in [-0.1, -0.05) is 48.0 Å². The van der Waals surface area contributed by atoms with Crippen LogP contribution in [0.15, 0.2) is 72.8 Å². The van der Waals surface area contributed by atoms with Crippen LogP contribution < -0.4 is 9.21 Å². The quantitative estimate of drug-likeness (QED) is 0.551. The average molecular weight is 455 g/mol. The van der Waals surface area contributed by atoms with Crippen LogP contribution in [0.2, 0.25) is 5.02 Å². The molecule has 0 aliphatic carbocycles. The van der Waals surface area contributed by atoms with Crippen molar-refractivity contribution in [1.82, 2.24) is 0 Å². The fourth-order valence-corrected chi connectivity index (χ4v) is 5.03. The average Bonchev–Trinajstić information content (AvgIpc) is 3.06. The van der Waals surface area contributed by atoms with Crippen molar-refractivity contribution in [3.05, 3.63) is 94.5 Å². The van der Waals surface area contributed by atoms with Gasteiger partial charge in [0.2, 0.25) is 10.0 Å². The van der Waals surface area contributed by atoms with Crippen LogP contribution in [0, 0.1) is 0 Å². The van der Waals surface area contributed by atoms with Gasteiger partial charge in [-0.3, -0.25) is 9.10 Å². The van der Waals surface area contributed by atoms with Crippen LogP contribution in [-0.4, -0.2) is 26.6 Å². The number of nitrogens with zero attached hydrogens (tertiary/aromatic N) is 2. The normalized spacial score (nSPS) is 15.6. The van der Waals surface area contributed by atoms with E-state index in [9.17, 15) is 13.2 Å². The predicted molar refractivity (Wildman–Crippen MR) is 125 cm³/mol. The fraction of sp³-hybridized carbons (Fsp3) is 0.208. The van der Waals surface area contributed by atoms with Crippen molar-refractivity contribution >= 4 is 38.9 Å². The van der Waals surface area contributed by atoms with Crippen LogP contribution in [0.1, 0.15) is 28.4 Å². The third kappa shape index (κ3) is 4.45. The van der Waals surface area contributed by atoms with Crippen LogP contribution in [0.25, 0.3) is 0 Å². The maximum Gasteiger partial charge on any atom is 0.258 e. The van der Waals surface area contributed by atoms with Gasteiger partial charge < -0.3 is 4.90 Å². The molecule has 5 nitrogen and oxygen atoms in total. The standard InChI is InChI=1S/C24H23ClN2O3S/c1-17-14-20-6-3-4-9-23(20)27(17)24(28)19-12-10-18(11-13-19)16-26(31(2,29)30)22-8-5-7-21(25)15-22/h3-13,15,17H,14,16H2,1-2H3/t17-/m0/s1. The molecule has 1 aliphatic heterocycles. The largest absolute Gasteiger partial charge is 0.305 e. The maximum absolute atomic E-state index is 13.2. The van der Waals surface area contributed by atoms with Gasteiger partial charge in [-0.25, -0.2) is 8.42 Å². The van der Waals surface area contributed by atoms with Gasteiger partial charge in [0.25, 0.3) is 5.91 Å². The summed E-state index contributed by atoms with van der Waals surface area (Å²) in [6.45, 7) is 2.19. The Labute approximate surface area is 187 Å². The molecule has 0 saturated carbocycles. The Morgan fingerprint density at radius 3 is 2.45 bits per heavy atom. The van der Waals surface area contributed by atoms with Gasteiger partial charge in [0, 0.05) is 22.3 Å². The first kappa shape index (κ1) is 21.4. The third-order valence-corrected chi connectivity index (χ3v) is 6.83. The number of sulfonamides is 1. The summed E-state index contributed by atoms with van der Waals surface area (Å²) < 4.78 is 26.0. The number of carbonyl (C=O) groups excluding carboxylic acids is 1. The van der Waals surface area contributed by atoms with Crippen molar-refractivity contribution in [2.45, 2.75) is 25.9 Å². The minimum atomic E-state index is -3.51. The van der Waals surface area contributed by atoms with Crippen LogP contribution in [0.3, 0.4) is 0 Å². The zero-order valence-corrected chi connectivity index (χ0v) is 18.9. The monoisotopic (exact) mass is 454 g/mol. The molecule has 1 heterocycles. The van der Waals surface area contributed by atoms with E-state index >= 15 is 0 Å². The molecule has 4 rings (SSSR count). The zero-order chi connectivity index (χ0) is 22.2. The Morgan fingerprint density at radius 2 is 1.77 bits per heavy atom. The molecule has 31 heavy (non-hydrogen) atoms. The van der Waals surface area contributed by atoms with Crippen LogP contribution in [-0.2, 0) is 23.0 Å². The number of para-hydroxylation sites is 1. The van der Waals surface area contributed by atoms with Crippen molar-refractivity contribution in [1.29, 1.82) is 0 Å². The van der Waals surface area contributed by atoms with E-state index in [1.54, 1.807) is 48.5 Å². The molecule has 1 amide bonds. The highest BCUT2D eigenvalue weighted by atomic mass is 35.5. The highest BCUT2D eigenvalue weighted by Crippen LogP contribution is 2.33. The van der Waals surface area contributed by atoms with Gasteiger partial charge in [0.15, 0.2) is 0 Å². The molecule has 1 atom stereocenters. The van der Waals surface area contributed by atoms with Gasteiger partial charge in [-0.2, -0.15) is 0 Å². The number of amides is 1. The van der Waals surface area contributed by atoms with Crippen LogP contribution >= 0.6 is 11.6 Å².